The SMILES string of the molecule is Cc1cc([C@@H](O)[C@H](C)N(Cc2cc(Cl)cc(Cl)c2)S(N)(=O)=O)ccc1O. The number of nitrogens with two attached hydrogens (primary N) is 1. The first-order valence-corrected chi connectivity index (χ1v) is 9.97. The molecule has 0 amide bonds. The molecule has 0 unspecified atom stereocenters. The second kappa shape index (κ2) is 8.12. The molecule has 2 aromatic carbocycles. The van der Waals surface area contributed by atoms with E-state index < -0.39 is 22.4 Å². The van der Waals surface area contributed by atoms with Crippen LogP contribution in [0.5, 0.6) is 5.75 Å². The molecule has 4 N–H and O–H groups in total. The van der Waals surface area contributed by atoms with Crippen LogP contribution in [-0.2, 0) is 16.8 Å². The van der Waals surface area contributed by atoms with Crippen molar-refractivity contribution in [2.24, 2.45) is 5.14 Å². The van der Waals surface area contributed by atoms with Crippen LogP contribution in [0, 0.1) is 6.92 Å². The fraction of sp³-hybridized carbons (Fsp3) is 0.294. The summed E-state index contributed by atoms with van der Waals surface area (Å²) in [6.07, 6.45) is -1.15. The summed E-state index contributed by atoms with van der Waals surface area (Å²) in [6.45, 7) is 3.12. The van der Waals surface area contributed by atoms with E-state index in [9.17, 15) is 18.6 Å². The normalized spacial score (nSPS) is 14.4. The Morgan fingerprint density at radius 1 is 1.15 bits per heavy atom. The Morgan fingerprint density at radius 2 is 1.73 bits per heavy atom. The molecular weight excluding hydrogens is 399 g/mol. The van der Waals surface area contributed by atoms with Crippen molar-refractivity contribution in [2.75, 3.05) is 0 Å². The van der Waals surface area contributed by atoms with Crippen molar-refractivity contribution in [3.8, 4) is 5.75 Å². The first-order valence-electron chi connectivity index (χ1n) is 7.71. The first kappa shape index (κ1) is 21.0. The van der Waals surface area contributed by atoms with Crippen LogP contribution in [0.3, 0.4) is 0 Å². The topological polar surface area (TPSA) is 104 Å². The minimum Gasteiger partial charge on any atom is -0.508 e. The standard InChI is InChI=1S/C17H20Cl2N2O4S/c1-10-5-13(3-4-16(10)22)17(23)11(2)21(26(20,24)25)9-12-6-14(18)8-15(19)7-12/h3-8,11,17,22-23H,9H2,1-2H3,(H2,20,24,25)/t11-,17-/m0/s1. The molecule has 0 saturated heterocycles. The number of aromatic hydroxyl groups is 1. The quantitative estimate of drug-likeness (QED) is 0.669. The molecule has 0 radical (unpaired) electrons. The highest BCUT2D eigenvalue weighted by atomic mass is 35.5. The Kier molecular flexibility index (Phi) is 6.55. The Balaban J connectivity index is 2.34. The summed E-state index contributed by atoms with van der Waals surface area (Å²) in [5, 5.41) is 26.3. The van der Waals surface area contributed by atoms with Gasteiger partial charge in [0.1, 0.15) is 5.75 Å². The maximum absolute atomic E-state index is 12.1. The molecule has 0 aliphatic rings. The summed E-state index contributed by atoms with van der Waals surface area (Å²) in [5.41, 5.74) is 1.57. The van der Waals surface area contributed by atoms with Crippen LogP contribution in [0.2, 0.25) is 10.0 Å². The Labute approximate surface area is 163 Å². The van der Waals surface area contributed by atoms with Crippen LogP contribution >= 0.6 is 23.2 Å². The number of hydrogen-bond donors (Lipinski definition) is 3. The number of aliphatic hydroxyl groups is 1. The summed E-state index contributed by atoms with van der Waals surface area (Å²) in [7, 11) is -4.12. The van der Waals surface area contributed by atoms with Crippen molar-refractivity contribution in [1.29, 1.82) is 0 Å². The predicted molar refractivity (Wildman–Crippen MR) is 102 cm³/mol. The molecule has 0 heterocycles. The lowest BCUT2D eigenvalue weighted by Crippen LogP contribution is -2.45. The number of aliphatic hydroxyl groups excluding tert-OH is 1. The Hall–Kier alpha value is -1.35. The van der Waals surface area contributed by atoms with E-state index in [1.54, 1.807) is 32.0 Å². The second-order valence-electron chi connectivity index (χ2n) is 6.10. The number of hydrogen-bond acceptors (Lipinski definition) is 4. The van der Waals surface area contributed by atoms with Gasteiger partial charge < -0.3 is 10.2 Å². The number of rotatable bonds is 6. The molecule has 0 aliphatic heterocycles. The van der Waals surface area contributed by atoms with Gasteiger partial charge in [0.15, 0.2) is 0 Å². The summed E-state index contributed by atoms with van der Waals surface area (Å²) in [6, 6.07) is 8.39. The van der Waals surface area contributed by atoms with Crippen LogP contribution in [0.25, 0.3) is 0 Å². The zero-order valence-corrected chi connectivity index (χ0v) is 16.6. The molecular formula is C17H20Cl2N2O4S. The average molecular weight is 419 g/mol. The lowest BCUT2D eigenvalue weighted by atomic mass is 10.0. The molecule has 9 heteroatoms. The van der Waals surface area contributed by atoms with Crippen LogP contribution in [-0.4, -0.2) is 29.0 Å². The molecule has 0 saturated carbocycles. The Morgan fingerprint density at radius 3 is 2.23 bits per heavy atom. The lowest BCUT2D eigenvalue weighted by molar-refractivity contribution is 0.0959. The molecule has 6 nitrogen and oxygen atoms in total. The lowest BCUT2D eigenvalue weighted by Gasteiger charge is -2.30. The van der Waals surface area contributed by atoms with Gasteiger partial charge in [-0.1, -0.05) is 29.3 Å². The minimum atomic E-state index is -4.12. The van der Waals surface area contributed by atoms with E-state index in [0.29, 0.717) is 26.7 Å². The summed E-state index contributed by atoms with van der Waals surface area (Å²) >= 11 is 11.9. The number of phenols is 1. The third-order valence-electron chi connectivity index (χ3n) is 4.06. The molecule has 0 aliphatic carbocycles. The third kappa shape index (κ3) is 5.09. The highest BCUT2D eigenvalue weighted by Gasteiger charge is 2.30. The van der Waals surface area contributed by atoms with Crippen molar-refractivity contribution in [1.82, 2.24) is 4.31 Å². The van der Waals surface area contributed by atoms with Crippen LogP contribution < -0.4 is 5.14 Å². The number of halogens is 2. The molecule has 0 bridgehead atoms. The average Bonchev–Trinajstić information content (AvgIpc) is 2.52. The van der Waals surface area contributed by atoms with Crippen molar-refractivity contribution < 1.29 is 18.6 Å². The van der Waals surface area contributed by atoms with E-state index in [2.05, 4.69) is 0 Å². The molecule has 2 rings (SSSR count). The van der Waals surface area contributed by atoms with Gasteiger partial charge in [-0.25, -0.2) is 5.14 Å². The van der Waals surface area contributed by atoms with Crippen molar-refractivity contribution >= 4 is 33.4 Å². The predicted octanol–water partition coefficient (Wildman–Crippen LogP) is 3.14. The molecule has 0 spiro atoms. The first-order chi connectivity index (χ1) is 12.0. The zero-order valence-electron chi connectivity index (χ0n) is 14.2. The molecule has 26 heavy (non-hydrogen) atoms. The fourth-order valence-corrected chi connectivity index (χ4v) is 4.13. The van der Waals surface area contributed by atoms with Gasteiger partial charge in [0.05, 0.1) is 12.1 Å². The van der Waals surface area contributed by atoms with Crippen LogP contribution in [0.1, 0.15) is 29.7 Å². The van der Waals surface area contributed by atoms with Crippen molar-refractivity contribution in [3.63, 3.8) is 0 Å². The van der Waals surface area contributed by atoms with Gasteiger partial charge in [0.25, 0.3) is 10.2 Å². The summed E-state index contributed by atoms with van der Waals surface area (Å²) < 4.78 is 25.2. The molecule has 2 aromatic rings. The van der Waals surface area contributed by atoms with E-state index >= 15 is 0 Å². The smallest absolute Gasteiger partial charge is 0.277 e. The van der Waals surface area contributed by atoms with E-state index in [1.165, 1.54) is 18.2 Å². The summed E-state index contributed by atoms with van der Waals surface area (Å²) in [4.78, 5) is 0. The van der Waals surface area contributed by atoms with Crippen LogP contribution in [0.15, 0.2) is 36.4 Å². The van der Waals surface area contributed by atoms with Gasteiger partial charge in [-0.15, -0.1) is 0 Å². The van der Waals surface area contributed by atoms with Crippen LogP contribution in [0.4, 0.5) is 0 Å². The number of aryl methyl sites for hydroxylation is 1. The number of nitrogens with zero attached hydrogens (tertiary/aromatic N) is 1. The second-order valence-corrected chi connectivity index (χ2v) is 8.47. The number of phenolic OH excluding ortho intramolecular Hbond substituents is 1. The zero-order chi connectivity index (χ0) is 19.6. The van der Waals surface area contributed by atoms with E-state index in [-0.39, 0.29) is 12.3 Å². The molecule has 0 aromatic heterocycles. The maximum Gasteiger partial charge on any atom is 0.277 e. The molecule has 0 fully saturated rings. The Bertz CT molecular complexity index is 885. The monoisotopic (exact) mass is 418 g/mol. The van der Waals surface area contributed by atoms with Gasteiger partial charge in [0, 0.05) is 16.6 Å². The highest BCUT2D eigenvalue weighted by molar-refractivity contribution is 7.86. The maximum atomic E-state index is 12.1. The van der Waals surface area contributed by atoms with Gasteiger partial charge in [0.2, 0.25) is 0 Å². The largest absolute Gasteiger partial charge is 0.508 e. The third-order valence-corrected chi connectivity index (χ3v) is 5.61. The molecule has 142 valence electrons. The van der Waals surface area contributed by atoms with Gasteiger partial charge in [-0.05, 0) is 60.9 Å². The highest BCUT2D eigenvalue weighted by Crippen LogP contribution is 2.28. The van der Waals surface area contributed by atoms with Gasteiger partial charge in [-0.3, -0.25) is 0 Å². The minimum absolute atomic E-state index is 0.0884. The van der Waals surface area contributed by atoms with Crippen molar-refractivity contribution in [2.45, 2.75) is 32.5 Å². The van der Waals surface area contributed by atoms with E-state index in [1.807, 2.05) is 0 Å². The van der Waals surface area contributed by atoms with Gasteiger partial charge in [-0.2, -0.15) is 12.7 Å². The van der Waals surface area contributed by atoms with E-state index in [0.717, 1.165) is 4.31 Å². The van der Waals surface area contributed by atoms with Gasteiger partial charge >= 0.3 is 0 Å². The fourth-order valence-electron chi connectivity index (χ4n) is 2.65. The summed E-state index contributed by atoms with van der Waals surface area (Å²) in [5.74, 6) is 0.0884. The number of benzene rings is 2. The van der Waals surface area contributed by atoms with Crippen molar-refractivity contribution in [3.05, 3.63) is 63.1 Å². The van der Waals surface area contributed by atoms with E-state index in [4.69, 9.17) is 28.3 Å². The molecule has 2 atom stereocenters.